The lowest BCUT2D eigenvalue weighted by molar-refractivity contribution is 0.669. The first-order valence-electron chi connectivity index (χ1n) is 22.9. The maximum Gasteiger partial charge on any atom is 0.135 e. The van der Waals surface area contributed by atoms with Crippen molar-refractivity contribution in [3.8, 4) is 50.2 Å². The van der Waals surface area contributed by atoms with Crippen molar-refractivity contribution in [1.82, 2.24) is 4.57 Å². The minimum atomic E-state index is 0.902. The van der Waals surface area contributed by atoms with E-state index >= 15 is 0 Å². The third kappa shape index (κ3) is 6.84. The van der Waals surface area contributed by atoms with Gasteiger partial charge in [-0.05, 0) is 140 Å². The molecule has 0 saturated heterocycles. The van der Waals surface area contributed by atoms with Crippen molar-refractivity contribution in [2.45, 2.75) is 0 Å². The van der Waals surface area contributed by atoms with E-state index in [2.05, 4.69) is 252 Å². The average Bonchev–Trinajstić information content (AvgIpc) is 3.95. The first-order valence-corrected chi connectivity index (χ1v) is 22.9. The van der Waals surface area contributed by atoms with Crippen molar-refractivity contribution < 1.29 is 4.42 Å². The molecule has 0 saturated carbocycles. The van der Waals surface area contributed by atoms with Crippen molar-refractivity contribution in [1.29, 1.82) is 0 Å². The average molecular weight is 855 g/mol. The van der Waals surface area contributed by atoms with Crippen LogP contribution in [0.1, 0.15) is 0 Å². The van der Waals surface area contributed by atoms with Gasteiger partial charge < -0.3 is 13.9 Å². The van der Waals surface area contributed by atoms with E-state index in [-0.39, 0.29) is 0 Å². The van der Waals surface area contributed by atoms with E-state index < -0.39 is 0 Å². The smallest absolute Gasteiger partial charge is 0.135 e. The number of hydrogen-bond acceptors (Lipinski definition) is 2. The zero-order valence-corrected chi connectivity index (χ0v) is 36.6. The van der Waals surface area contributed by atoms with Crippen molar-refractivity contribution >= 4 is 71.6 Å². The summed E-state index contributed by atoms with van der Waals surface area (Å²) in [6.07, 6.45) is 0. The van der Waals surface area contributed by atoms with Gasteiger partial charge in [0.15, 0.2) is 0 Å². The highest BCUT2D eigenvalue weighted by Gasteiger charge is 2.17. The van der Waals surface area contributed by atoms with E-state index in [0.29, 0.717) is 0 Å². The van der Waals surface area contributed by atoms with Crippen LogP contribution >= 0.6 is 0 Å². The number of hydrogen-bond donors (Lipinski definition) is 0. The Labute approximate surface area is 388 Å². The van der Waals surface area contributed by atoms with Crippen molar-refractivity contribution in [2.24, 2.45) is 0 Å². The van der Waals surface area contributed by atoms with Crippen LogP contribution < -0.4 is 4.90 Å². The number of anilines is 3. The molecule has 0 aliphatic rings. The molecule has 0 spiro atoms. The number of rotatable bonds is 8. The summed E-state index contributed by atoms with van der Waals surface area (Å²) in [5.74, 6) is 0. The summed E-state index contributed by atoms with van der Waals surface area (Å²) in [6, 6.07) is 92.0. The highest BCUT2D eigenvalue weighted by molar-refractivity contribution is 6.11. The van der Waals surface area contributed by atoms with Crippen molar-refractivity contribution in [2.75, 3.05) is 4.90 Å². The molecule has 0 amide bonds. The molecular weight excluding hydrogens is 813 g/mol. The van der Waals surface area contributed by atoms with Crippen LogP contribution in [0.25, 0.3) is 105 Å². The van der Waals surface area contributed by atoms with E-state index in [1.807, 2.05) is 12.1 Å². The number of benzene rings is 11. The minimum Gasteiger partial charge on any atom is -0.456 e. The summed E-state index contributed by atoms with van der Waals surface area (Å²) in [6.45, 7) is 0. The van der Waals surface area contributed by atoms with Crippen molar-refractivity contribution in [3.63, 3.8) is 0 Å². The van der Waals surface area contributed by atoms with E-state index in [0.717, 1.165) is 55.8 Å². The molecule has 0 aliphatic carbocycles. The third-order valence-electron chi connectivity index (χ3n) is 13.4. The molecule has 67 heavy (non-hydrogen) atoms. The van der Waals surface area contributed by atoms with Gasteiger partial charge in [-0.2, -0.15) is 0 Å². The Balaban J connectivity index is 0.861. The van der Waals surface area contributed by atoms with E-state index in [1.165, 1.54) is 66.0 Å². The molecule has 0 aliphatic heterocycles. The Hall–Kier alpha value is -8.92. The van der Waals surface area contributed by atoms with Crippen LogP contribution in [0.5, 0.6) is 0 Å². The van der Waals surface area contributed by atoms with Gasteiger partial charge in [0.05, 0.1) is 11.0 Å². The molecule has 0 atom stereocenters. The van der Waals surface area contributed by atoms with Gasteiger partial charge in [-0.15, -0.1) is 0 Å². The number of fused-ring (bicyclic) bond motifs is 7. The predicted molar refractivity (Wildman–Crippen MR) is 282 cm³/mol. The highest BCUT2D eigenvalue weighted by atomic mass is 16.3. The molecule has 314 valence electrons. The van der Waals surface area contributed by atoms with E-state index in [1.54, 1.807) is 0 Å². The molecule has 2 aromatic heterocycles. The maximum atomic E-state index is 6.15. The lowest BCUT2D eigenvalue weighted by Gasteiger charge is -2.26. The molecule has 13 rings (SSSR count). The van der Waals surface area contributed by atoms with Gasteiger partial charge in [0.1, 0.15) is 11.2 Å². The summed E-state index contributed by atoms with van der Waals surface area (Å²) in [5.41, 5.74) is 18.1. The Kier molecular flexibility index (Phi) is 9.17. The lowest BCUT2D eigenvalue weighted by Crippen LogP contribution is -2.09. The fourth-order valence-electron chi connectivity index (χ4n) is 9.99. The first kappa shape index (κ1) is 38.5. The second-order valence-corrected chi connectivity index (χ2v) is 17.3. The number of nitrogens with zero attached hydrogens (tertiary/aromatic N) is 2. The Morgan fingerprint density at radius 2 is 0.716 bits per heavy atom. The second-order valence-electron chi connectivity index (χ2n) is 17.3. The standard InChI is InChI=1S/C64H42N2O/c1-2-10-43(11-3-1)45-18-20-46(21-19-45)47-22-31-53(32-23-47)65(55-35-26-49(27-36-55)52-30-39-64-60(42-52)58-15-7-9-17-63(58)67-64)54-33-24-48(25-34-54)51-29-38-62-59(41-51)57-14-6-8-16-61(57)66(62)56-37-28-44-12-4-5-13-50(44)40-56/h1-42H. The van der Waals surface area contributed by atoms with Gasteiger partial charge in [0, 0.05) is 44.3 Å². The van der Waals surface area contributed by atoms with Gasteiger partial charge in [-0.25, -0.2) is 0 Å². The Morgan fingerprint density at radius 3 is 1.37 bits per heavy atom. The molecule has 3 heteroatoms. The summed E-state index contributed by atoms with van der Waals surface area (Å²) >= 11 is 0. The largest absolute Gasteiger partial charge is 0.456 e. The van der Waals surface area contributed by atoms with Gasteiger partial charge in [0.2, 0.25) is 0 Å². The lowest BCUT2D eigenvalue weighted by atomic mass is 9.99. The van der Waals surface area contributed by atoms with Crippen LogP contribution in [0.2, 0.25) is 0 Å². The quantitative estimate of drug-likeness (QED) is 0.152. The SMILES string of the molecule is c1ccc(-c2ccc(-c3ccc(N(c4ccc(-c5ccc6oc7ccccc7c6c5)cc4)c4ccc(-c5ccc6c(c5)c5ccccc5n6-c5ccc6ccccc6c5)cc4)cc3)cc2)cc1. The van der Waals surface area contributed by atoms with Gasteiger partial charge in [0.25, 0.3) is 0 Å². The van der Waals surface area contributed by atoms with Crippen LogP contribution in [0, 0.1) is 0 Å². The molecule has 0 unspecified atom stereocenters. The highest BCUT2D eigenvalue weighted by Crippen LogP contribution is 2.41. The zero-order chi connectivity index (χ0) is 44.3. The van der Waals surface area contributed by atoms with E-state index in [4.69, 9.17) is 4.42 Å². The van der Waals surface area contributed by atoms with Gasteiger partial charge in [-0.3, -0.25) is 0 Å². The monoisotopic (exact) mass is 854 g/mol. The maximum absolute atomic E-state index is 6.15. The molecule has 0 radical (unpaired) electrons. The summed E-state index contributed by atoms with van der Waals surface area (Å²) < 4.78 is 8.54. The fourth-order valence-corrected chi connectivity index (χ4v) is 9.99. The molecule has 11 aromatic carbocycles. The van der Waals surface area contributed by atoms with Crippen LogP contribution in [-0.4, -0.2) is 4.57 Å². The second kappa shape index (κ2) is 16.0. The van der Waals surface area contributed by atoms with Gasteiger partial charge >= 0.3 is 0 Å². The van der Waals surface area contributed by atoms with Crippen LogP contribution in [-0.2, 0) is 0 Å². The van der Waals surface area contributed by atoms with Crippen LogP contribution in [0.4, 0.5) is 17.1 Å². The zero-order valence-electron chi connectivity index (χ0n) is 36.6. The molecule has 0 bridgehead atoms. The topological polar surface area (TPSA) is 21.3 Å². The van der Waals surface area contributed by atoms with Crippen LogP contribution in [0.15, 0.2) is 259 Å². The number of furan rings is 1. The molecular formula is C64H42N2O. The number of aromatic nitrogens is 1. The fraction of sp³-hybridized carbons (Fsp3) is 0. The molecule has 0 N–H and O–H groups in total. The first-order chi connectivity index (χ1) is 33.2. The van der Waals surface area contributed by atoms with Crippen molar-refractivity contribution in [3.05, 3.63) is 255 Å². The van der Waals surface area contributed by atoms with Gasteiger partial charge in [-0.1, -0.05) is 170 Å². The summed E-state index contributed by atoms with van der Waals surface area (Å²) in [5, 5.41) is 7.22. The minimum absolute atomic E-state index is 0.902. The molecule has 13 aromatic rings. The number of para-hydroxylation sites is 2. The Bertz CT molecular complexity index is 3940. The predicted octanol–water partition coefficient (Wildman–Crippen LogP) is 18.0. The van der Waals surface area contributed by atoms with Crippen LogP contribution in [0.3, 0.4) is 0 Å². The van der Waals surface area contributed by atoms with E-state index in [9.17, 15) is 0 Å². The third-order valence-corrected chi connectivity index (χ3v) is 13.4. The Morgan fingerprint density at radius 1 is 0.269 bits per heavy atom. The summed E-state index contributed by atoms with van der Waals surface area (Å²) in [4.78, 5) is 2.35. The molecule has 2 heterocycles. The summed E-state index contributed by atoms with van der Waals surface area (Å²) in [7, 11) is 0. The normalized spacial score (nSPS) is 11.6. The molecule has 0 fully saturated rings. The molecule has 3 nitrogen and oxygen atoms in total.